The number of halogens is 3. The second kappa shape index (κ2) is 10.2. The number of carboxylic acid groups (broad SMARTS) is 1. The van der Waals surface area contributed by atoms with Gasteiger partial charge < -0.3 is 14.6 Å². The molecule has 1 N–H and O–H groups in total. The highest BCUT2D eigenvalue weighted by Crippen LogP contribution is 2.30. The molecule has 0 aliphatic rings. The van der Waals surface area contributed by atoms with E-state index in [1.807, 2.05) is 26.0 Å². The van der Waals surface area contributed by atoms with Crippen molar-refractivity contribution in [3.63, 3.8) is 0 Å². The van der Waals surface area contributed by atoms with Crippen LogP contribution in [0.2, 0.25) is 0 Å². The highest BCUT2D eigenvalue weighted by atomic mass is 19.4. The predicted octanol–water partition coefficient (Wildman–Crippen LogP) is 5.77. The lowest BCUT2D eigenvalue weighted by atomic mass is 9.98. The van der Waals surface area contributed by atoms with E-state index in [9.17, 15) is 18.0 Å². The predicted molar refractivity (Wildman–Crippen MR) is 103 cm³/mol. The Morgan fingerprint density at radius 2 is 1.45 bits per heavy atom. The van der Waals surface area contributed by atoms with Crippen molar-refractivity contribution in [1.82, 2.24) is 0 Å². The van der Waals surface area contributed by atoms with E-state index in [0.29, 0.717) is 24.7 Å². The highest BCUT2D eigenvalue weighted by molar-refractivity contribution is 5.67. The lowest BCUT2D eigenvalue weighted by Gasteiger charge is -2.18. The number of carboxylic acids is 1. The van der Waals surface area contributed by atoms with Crippen LogP contribution in [0.1, 0.15) is 43.7 Å². The van der Waals surface area contributed by atoms with Gasteiger partial charge in [0.25, 0.3) is 0 Å². The molecule has 7 heteroatoms. The van der Waals surface area contributed by atoms with Gasteiger partial charge in [0.2, 0.25) is 0 Å². The van der Waals surface area contributed by atoms with Gasteiger partial charge in [-0.25, -0.2) is 0 Å². The minimum atomic E-state index is -4.36. The molecule has 0 radical (unpaired) electrons. The highest BCUT2D eigenvalue weighted by Gasteiger charge is 2.30. The van der Waals surface area contributed by atoms with E-state index < -0.39 is 17.7 Å². The molecule has 0 aromatic heterocycles. The van der Waals surface area contributed by atoms with Crippen molar-refractivity contribution in [3.8, 4) is 11.5 Å². The molecule has 0 saturated carbocycles. The first-order chi connectivity index (χ1) is 13.7. The molecule has 2 rings (SSSR count). The molecule has 158 valence electrons. The fourth-order valence-corrected chi connectivity index (χ4v) is 2.72. The maximum absolute atomic E-state index is 12.6. The Morgan fingerprint density at radius 3 is 1.86 bits per heavy atom. The van der Waals surface area contributed by atoms with Crippen LogP contribution in [-0.2, 0) is 11.0 Å². The number of alkyl halides is 3. The summed E-state index contributed by atoms with van der Waals surface area (Å²) in [7, 11) is 0. The Kier molecular flexibility index (Phi) is 7.93. The third-order valence-electron chi connectivity index (χ3n) is 4.66. The Morgan fingerprint density at radius 1 is 0.966 bits per heavy atom. The van der Waals surface area contributed by atoms with Gasteiger partial charge >= 0.3 is 12.1 Å². The molecule has 0 fully saturated rings. The number of rotatable bonds is 10. The quantitative estimate of drug-likeness (QED) is 0.540. The van der Waals surface area contributed by atoms with Crippen molar-refractivity contribution in [2.45, 2.75) is 38.8 Å². The minimum Gasteiger partial charge on any atom is -0.493 e. The summed E-state index contributed by atoms with van der Waals surface area (Å²) in [5, 5.41) is 8.87. The molecule has 0 saturated heterocycles. The molecule has 29 heavy (non-hydrogen) atoms. The SMILES string of the molecule is CCC(COc1ccc(C(C)CC(=O)O)cc1)COc1ccc(C(F)(F)F)cc1. The second-order valence-corrected chi connectivity index (χ2v) is 6.99. The van der Waals surface area contributed by atoms with Gasteiger partial charge in [0.15, 0.2) is 0 Å². The maximum atomic E-state index is 12.6. The van der Waals surface area contributed by atoms with Gasteiger partial charge in [-0.3, -0.25) is 4.79 Å². The van der Waals surface area contributed by atoms with Crippen molar-refractivity contribution in [2.24, 2.45) is 5.92 Å². The van der Waals surface area contributed by atoms with Gasteiger partial charge in [0.05, 0.1) is 25.2 Å². The fourth-order valence-electron chi connectivity index (χ4n) is 2.72. The Labute approximate surface area is 168 Å². The standard InChI is InChI=1S/C22H25F3O4/c1-3-16(14-29-20-10-6-18(7-11-20)22(23,24)25)13-28-19-8-4-17(5-9-19)15(2)12-21(26)27/h4-11,15-16H,3,12-14H2,1-2H3,(H,26,27). The van der Waals surface area contributed by atoms with Crippen LogP contribution in [0, 0.1) is 5.92 Å². The molecule has 2 unspecified atom stereocenters. The van der Waals surface area contributed by atoms with Crippen LogP contribution in [0.15, 0.2) is 48.5 Å². The molecule has 4 nitrogen and oxygen atoms in total. The molecule has 0 spiro atoms. The summed E-state index contributed by atoms with van der Waals surface area (Å²) >= 11 is 0. The topological polar surface area (TPSA) is 55.8 Å². The molecule has 2 aromatic rings. The number of hydrogen-bond acceptors (Lipinski definition) is 3. The van der Waals surface area contributed by atoms with E-state index in [4.69, 9.17) is 14.6 Å². The molecule has 0 aliphatic heterocycles. The van der Waals surface area contributed by atoms with Crippen LogP contribution >= 0.6 is 0 Å². The maximum Gasteiger partial charge on any atom is 0.416 e. The lowest BCUT2D eigenvalue weighted by Crippen LogP contribution is -2.19. The summed E-state index contributed by atoms with van der Waals surface area (Å²) in [6, 6.07) is 11.9. The van der Waals surface area contributed by atoms with Crippen molar-refractivity contribution in [1.29, 1.82) is 0 Å². The normalized spacial score (nSPS) is 13.6. The summed E-state index contributed by atoms with van der Waals surface area (Å²) in [6.45, 7) is 4.58. The van der Waals surface area contributed by atoms with Gasteiger partial charge in [-0.05, 0) is 54.3 Å². The molecule has 2 atom stereocenters. The van der Waals surface area contributed by atoms with Gasteiger partial charge in [-0.15, -0.1) is 0 Å². The first kappa shape index (κ1) is 22.6. The first-order valence-corrected chi connectivity index (χ1v) is 9.43. The average Bonchev–Trinajstić information content (AvgIpc) is 2.67. The summed E-state index contributed by atoms with van der Waals surface area (Å²) in [5.74, 6) is 0.208. The van der Waals surface area contributed by atoms with Crippen molar-refractivity contribution in [2.75, 3.05) is 13.2 Å². The summed E-state index contributed by atoms with van der Waals surface area (Å²) in [6.07, 6.45) is -3.51. The molecule has 0 aliphatic carbocycles. The molecule has 0 heterocycles. The van der Waals surface area contributed by atoms with Crippen LogP contribution in [0.3, 0.4) is 0 Å². The zero-order chi connectivity index (χ0) is 21.4. The third-order valence-corrected chi connectivity index (χ3v) is 4.66. The van der Waals surface area contributed by atoms with Crippen LogP contribution in [0.4, 0.5) is 13.2 Å². The summed E-state index contributed by atoms with van der Waals surface area (Å²) in [4.78, 5) is 10.8. The third kappa shape index (κ3) is 7.33. The van der Waals surface area contributed by atoms with E-state index >= 15 is 0 Å². The lowest BCUT2D eigenvalue weighted by molar-refractivity contribution is -0.138. The molecule has 0 bridgehead atoms. The largest absolute Gasteiger partial charge is 0.493 e. The van der Waals surface area contributed by atoms with Crippen molar-refractivity contribution < 1.29 is 32.5 Å². The van der Waals surface area contributed by atoms with E-state index in [0.717, 1.165) is 24.1 Å². The number of aliphatic carboxylic acids is 1. The van der Waals surface area contributed by atoms with Crippen LogP contribution in [-0.4, -0.2) is 24.3 Å². The Hall–Kier alpha value is -2.70. The van der Waals surface area contributed by atoms with Crippen molar-refractivity contribution >= 4 is 5.97 Å². The molecular weight excluding hydrogens is 385 g/mol. The van der Waals surface area contributed by atoms with Crippen molar-refractivity contribution in [3.05, 3.63) is 59.7 Å². The monoisotopic (exact) mass is 410 g/mol. The Balaban J connectivity index is 1.83. The summed E-state index contributed by atoms with van der Waals surface area (Å²) < 4.78 is 49.2. The van der Waals surface area contributed by atoms with Crippen LogP contribution < -0.4 is 9.47 Å². The smallest absolute Gasteiger partial charge is 0.416 e. The van der Waals surface area contributed by atoms with E-state index in [1.165, 1.54) is 12.1 Å². The second-order valence-electron chi connectivity index (χ2n) is 6.99. The van der Waals surface area contributed by atoms with Crippen LogP contribution in [0.5, 0.6) is 11.5 Å². The molecule has 0 amide bonds. The van der Waals surface area contributed by atoms with E-state index in [-0.39, 0.29) is 18.3 Å². The molecule has 2 aromatic carbocycles. The fraction of sp³-hybridized carbons (Fsp3) is 0.409. The Bertz CT molecular complexity index is 770. The van der Waals surface area contributed by atoms with E-state index in [2.05, 4.69) is 0 Å². The number of benzene rings is 2. The van der Waals surface area contributed by atoms with Crippen LogP contribution in [0.25, 0.3) is 0 Å². The number of carbonyl (C=O) groups is 1. The summed E-state index contributed by atoms with van der Waals surface area (Å²) in [5.41, 5.74) is 0.221. The van der Waals surface area contributed by atoms with E-state index in [1.54, 1.807) is 12.1 Å². The van der Waals surface area contributed by atoms with Gasteiger partial charge in [-0.2, -0.15) is 13.2 Å². The minimum absolute atomic E-state index is 0.0689. The first-order valence-electron chi connectivity index (χ1n) is 9.43. The zero-order valence-electron chi connectivity index (χ0n) is 16.4. The average molecular weight is 410 g/mol. The van der Waals surface area contributed by atoms with Gasteiger partial charge in [-0.1, -0.05) is 26.0 Å². The number of ether oxygens (including phenoxy) is 2. The number of hydrogen-bond donors (Lipinski definition) is 1. The van der Waals surface area contributed by atoms with Gasteiger partial charge in [0, 0.05) is 5.92 Å². The zero-order valence-corrected chi connectivity index (χ0v) is 16.4. The van der Waals surface area contributed by atoms with Gasteiger partial charge in [0.1, 0.15) is 11.5 Å². The molecular formula is C22H25F3O4.